The lowest BCUT2D eigenvalue weighted by Gasteiger charge is -2.19. The van der Waals surface area contributed by atoms with Crippen molar-refractivity contribution in [3.63, 3.8) is 0 Å². The van der Waals surface area contributed by atoms with E-state index in [1.807, 2.05) is 12.1 Å². The highest BCUT2D eigenvalue weighted by Gasteiger charge is 2.13. The average molecular weight is 256 g/mol. The van der Waals surface area contributed by atoms with Gasteiger partial charge in [0.05, 0.1) is 0 Å². The van der Waals surface area contributed by atoms with E-state index in [1.54, 1.807) is 6.20 Å². The Morgan fingerprint density at radius 1 is 1.11 bits per heavy atom. The van der Waals surface area contributed by atoms with Gasteiger partial charge in [0.2, 0.25) is 0 Å². The molecule has 0 unspecified atom stereocenters. The summed E-state index contributed by atoms with van der Waals surface area (Å²) in [5.41, 5.74) is 14.5. The summed E-state index contributed by atoms with van der Waals surface area (Å²) < 4.78 is 0. The van der Waals surface area contributed by atoms with Gasteiger partial charge >= 0.3 is 0 Å². The van der Waals surface area contributed by atoms with Crippen molar-refractivity contribution in [2.45, 2.75) is 32.7 Å². The molecule has 100 valence electrons. The topological polar surface area (TPSA) is 77.8 Å². The lowest BCUT2D eigenvalue weighted by Crippen LogP contribution is -2.10. The largest absolute Gasteiger partial charge is 0.383 e. The molecule has 0 bridgehead atoms. The molecule has 0 aliphatic heterocycles. The van der Waals surface area contributed by atoms with E-state index >= 15 is 0 Å². The zero-order chi connectivity index (χ0) is 14.0. The zero-order valence-electron chi connectivity index (χ0n) is 11.6. The molecule has 2 rings (SSSR count). The lowest BCUT2D eigenvalue weighted by atomic mass is 9.87. The van der Waals surface area contributed by atoms with Crippen LogP contribution in [0, 0.1) is 0 Å². The summed E-state index contributed by atoms with van der Waals surface area (Å²) >= 11 is 0. The number of hydrogen-bond donors (Lipinski definition) is 2. The van der Waals surface area contributed by atoms with Crippen LogP contribution in [0.15, 0.2) is 30.5 Å². The first-order chi connectivity index (χ1) is 8.91. The van der Waals surface area contributed by atoms with Crippen LogP contribution in [0.4, 0.5) is 5.82 Å². The van der Waals surface area contributed by atoms with Crippen LogP contribution < -0.4 is 11.5 Å². The standard InChI is InChI=1S/C15H20N4/c1-15(2,3)12-6-4-10(5-7-12)14-18-9-11(8-16)13(17)19-14/h4-7,9H,8,16H2,1-3H3,(H2,17,18,19). The molecule has 0 radical (unpaired) electrons. The summed E-state index contributed by atoms with van der Waals surface area (Å²) in [6.45, 7) is 6.92. The predicted molar refractivity (Wildman–Crippen MR) is 78.5 cm³/mol. The fourth-order valence-electron chi connectivity index (χ4n) is 1.84. The number of nitrogen functional groups attached to an aromatic ring is 1. The van der Waals surface area contributed by atoms with Gasteiger partial charge in [0.25, 0.3) is 0 Å². The van der Waals surface area contributed by atoms with E-state index < -0.39 is 0 Å². The van der Waals surface area contributed by atoms with E-state index in [1.165, 1.54) is 5.56 Å². The number of aromatic nitrogens is 2. The van der Waals surface area contributed by atoms with Crippen LogP contribution in [0.1, 0.15) is 31.9 Å². The highest BCUT2D eigenvalue weighted by atomic mass is 14.9. The average Bonchev–Trinajstić information content (AvgIpc) is 2.38. The fraction of sp³-hybridized carbons (Fsp3) is 0.333. The summed E-state index contributed by atoms with van der Waals surface area (Å²) in [4.78, 5) is 8.59. The summed E-state index contributed by atoms with van der Waals surface area (Å²) in [5, 5.41) is 0. The van der Waals surface area contributed by atoms with Crippen molar-refractivity contribution in [1.29, 1.82) is 0 Å². The maximum absolute atomic E-state index is 5.84. The van der Waals surface area contributed by atoms with Crippen LogP contribution in [-0.4, -0.2) is 9.97 Å². The van der Waals surface area contributed by atoms with Crippen molar-refractivity contribution in [3.8, 4) is 11.4 Å². The summed E-state index contributed by atoms with van der Waals surface area (Å²) in [5.74, 6) is 1.09. The van der Waals surface area contributed by atoms with Crippen LogP contribution in [0.25, 0.3) is 11.4 Å². The summed E-state index contributed by atoms with van der Waals surface area (Å²) in [6.07, 6.45) is 1.69. The third-order valence-electron chi connectivity index (χ3n) is 3.13. The zero-order valence-corrected chi connectivity index (χ0v) is 11.6. The molecule has 1 heterocycles. The van der Waals surface area contributed by atoms with Crippen LogP contribution in [0.5, 0.6) is 0 Å². The molecule has 0 atom stereocenters. The Bertz CT molecular complexity index is 568. The second-order valence-corrected chi connectivity index (χ2v) is 5.64. The van der Waals surface area contributed by atoms with Gasteiger partial charge in [-0.1, -0.05) is 45.0 Å². The van der Waals surface area contributed by atoms with E-state index in [2.05, 4.69) is 42.9 Å². The second-order valence-electron chi connectivity index (χ2n) is 5.64. The molecular weight excluding hydrogens is 236 g/mol. The van der Waals surface area contributed by atoms with E-state index in [9.17, 15) is 0 Å². The molecule has 4 nitrogen and oxygen atoms in total. The van der Waals surface area contributed by atoms with Crippen LogP contribution in [-0.2, 0) is 12.0 Å². The molecule has 0 fully saturated rings. The molecule has 0 aliphatic carbocycles. The van der Waals surface area contributed by atoms with Gasteiger partial charge in [-0.25, -0.2) is 9.97 Å². The summed E-state index contributed by atoms with van der Waals surface area (Å²) in [6, 6.07) is 8.26. The third-order valence-corrected chi connectivity index (χ3v) is 3.13. The highest BCUT2D eigenvalue weighted by molar-refractivity contribution is 5.58. The number of hydrogen-bond acceptors (Lipinski definition) is 4. The molecular formula is C15H20N4. The third kappa shape index (κ3) is 2.90. The molecule has 4 N–H and O–H groups in total. The van der Waals surface area contributed by atoms with Gasteiger partial charge in [-0.3, -0.25) is 0 Å². The Hall–Kier alpha value is -1.94. The van der Waals surface area contributed by atoms with Crippen LogP contribution in [0.2, 0.25) is 0 Å². The number of nitrogens with zero attached hydrogens (tertiary/aromatic N) is 2. The molecule has 4 heteroatoms. The van der Waals surface area contributed by atoms with E-state index in [0.717, 1.165) is 11.1 Å². The SMILES string of the molecule is CC(C)(C)c1ccc(-c2ncc(CN)c(N)n2)cc1. The minimum absolute atomic E-state index is 0.141. The molecule has 2 aromatic rings. The maximum atomic E-state index is 5.84. The molecule has 0 amide bonds. The molecule has 0 spiro atoms. The minimum Gasteiger partial charge on any atom is -0.383 e. The van der Waals surface area contributed by atoms with Crippen molar-refractivity contribution < 1.29 is 0 Å². The molecule has 1 aromatic heterocycles. The van der Waals surface area contributed by atoms with Gasteiger partial charge in [-0.05, 0) is 11.0 Å². The Morgan fingerprint density at radius 2 is 1.74 bits per heavy atom. The van der Waals surface area contributed by atoms with Gasteiger partial charge in [0, 0.05) is 23.9 Å². The van der Waals surface area contributed by atoms with Gasteiger partial charge in [-0.2, -0.15) is 0 Å². The second kappa shape index (κ2) is 4.97. The normalized spacial score (nSPS) is 11.6. The summed E-state index contributed by atoms with van der Waals surface area (Å²) in [7, 11) is 0. The van der Waals surface area contributed by atoms with Crippen molar-refractivity contribution in [2.75, 3.05) is 5.73 Å². The first kappa shape index (κ1) is 13.5. The van der Waals surface area contributed by atoms with Crippen molar-refractivity contribution >= 4 is 5.82 Å². The first-order valence-corrected chi connectivity index (χ1v) is 6.34. The number of nitrogens with two attached hydrogens (primary N) is 2. The van der Waals surface area contributed by atoms with Crippen LogP contribution in [0.3, 0.4) is 0 Å². The Kier molecular flexibility index (Phi) is 3.53. The Balaban J connectivity index is 2.35. The number of anilines is 1. The van der Waals surface area contributed by atoms with Gasteiger partial charge in [0.1, 0.15) is 5.82 Å². The first-order valence-electron chi connectivity index (χ1n) is 6.34. The quantitative estimate of drug-likeness (QED) is 0.865. The van der Waals surface area contributed by atoms with E-state index in [0.29, 0.717) is 18.2 Å². The van der Waals surface area contributed by atoms with E-state index in [4.69, 9.17) is 11.5 Å². The van der Waals surface area contributed by atoms with Gasteiger partial charge in [0.15, 0.2) is 5.82 Å². The van der Waals surface area contributed by atoms with E-state index in [-0.39, 0.29) is 5.41 Å². The van der Waals surface area contributed by atoms with Crippen molar-refractivity contribution in [3.05, 3.63) is 41.6 Å². The van der Waals surface area contributed by atoms with Gasteiger partial charge in [-0.15, -0.1) is 0 Å². The molecule has 19 heavy (non-hydrogen) atoms. The molecule has 0 saturated carbocycles. The number of benzene rings is 1. The number of rotatable bonds is 2. The minimum atomic E-state index is 0.141. The Labute approximate surface area is 113 Å². The lowest BCUT2D eigenvalue weighted by molar-refractivity contribution is 0.590. The monoisotopic (exact) mass is 256 g/mol. The molecule has 1 aromatic carbocycles. The smallest absolute Gasteiger partial charge is 0.161 e. The maximum Gasteiger partial charge on any atom is 0.161 e. The van der Waals surface area contributed by atoms with Crippen molar-refractivity contribution in [2.24, 2.45) is 5.73 Å². The fourth-order valence-corrected chi connectivity index (χ4v) is 1.84. The molecule has 0 saturated heterocycles. The Morgan fingerprint density at radius 3 is 2.21 bits per heavy atom. The molecule has 0 aliphatic rings. The predicted octanol–water partition coefficient (Wildman–Crippen LogP) is 2.48. The highest BCUT2D eigenvalue weighted by Crippen LogP contribution is 2.25. The van der Waals surface area contributed by atoms with Crippen LogP contribution >= 0.6 is 0 Å². The van der Waals surface area contributed by atoms with Gasteiger partial charge < -0.3 is 11.5 Å². The van der Waals surface area contributed by atoms with Crippen molar-refractivity contribution in [1.82, 2.24) is 9.97 Å².